The highest BCUT2D eigenvalue weighted by molar-refractivity contribution is 5.96. The Morgan fingerprint density at radius 1 is 0.974 bits per heavy atom. The van der Waals surface area contributed by atoms with Crippen LogP contribution in [0.2, 0.25) is 0 Å². The van der Waals surface area contributed by atoms with E-state index in [9.17, 15) is 22.8 Å². The van der Waals surface area contributed by atoms with Crippen molar-refractivity contribution in [1.82, 2.24) is 30.0 Å². The normalized spacial score (nSPS) is 14.3. The van der Waals surface area contributed by atoms with Crippen LogP contribution in [0.25, 0.3) is 21.9 Å². The minimum Gasteiger partial charge on any atom is -0.367 e. The lowest BCUT2D eigenvalue weighted by Crippen LogP contribution is -2.49. The van der Waals surface area contributed by atoms with Gasteiger partial charge < -0.3 is 14.8 Å². The number of amides is 1. The molecule has 2 N–H and O–H groups in total. The van der Waals surface area contributed by atoms with Gasteiger partial charge in [0.25, 0.3) is 11.5 Å². The molecule has 9 nitrogen and oxygen atoms in total. The average molecular weight is 534 g/mol. The van der Waals surface area contributed by atoms with Crippen molar-refractivity contribution in [2.75, 3.05) is 31.1 Å². The maximum atomic E-state index is 13.9. The monoisotopic (exact) mass is 533 g/mol. The highest BCUT2D eigenvalue weighted by Gasteiger charge is 2.37. The maximum Gasteiger partial charge on any atom is 0.417 e. The van der Waals surface area contributed by atoms with Crippen LogP contribution < -0.4 is 10.5 Å². The van der Waals surface area contributed by atoms with Gasteiger partial charge in [0, 0.05) is 38.0 Å². The van der Waals surface area contributed by atoms with Gasteiger partial charge in [-0.25, -0.2) is 15.1 Å². The topological polar surface area (TPSA) is 111 Å². The van der Waals surface area contributed by atoms with Gasteiger partial charge in [-0.2, -0.15) is 18.3 Å². The number of aromatic nitrogens is 5. The number of carbonyl (C=O) groups is 1. The standard InChI is InChI=1S/C27H22F3N7O2/c28-27(29,30)21-6-5-16(12-22-18-3-1-2-4-19(18)25(38)35-34-22)11-20(21)26(39)37-9-7-36(8-10-37)17-13-23-24(31-14-17)33-15-32-23/h1-6,11,13-15H,7-10,12H2,(H,35,38)(H,31,32,33). The number of nitrogens with zero attached hydrogens (tertiary/aromatic N) is 5. The summed E-state index contributed by atoms with van der Waals surface area (Å²) in [5.41, 5.74) is 1.47. The highest BCUT2D eigenvalue weighted by Crippen LogP contribution is 2.34. The Hall–Kier alpha value is -4.74. The third-order valence-corrected chi connectivity index (χ3v) is 6.96. The van der Waals surface area contributed by atoms with E-state index in [1.165, 1.54) is 17.0 Å². The number of hydrogen-bond acceptors (Lipinski definition) is 6. The predicted octanol–water partition coefficient (Wildman–Crippen LogP) is 3.77. The number of piperazine rings is 1. The first-order valence-electron chi connectivity index (χ1n) is 12.3. The summed E-state index contributed by atoms with van der Waals surface area (Å²) in [5, 5.41) is 7.60. The molecule has 1 aliphatic rings. The molecule has 3 aromatic heterocycles. The Kier molecular flexibility index (Phi) is 6.01. The zero-order valence-corrected chi connectivity index (χ0v) is 20.5. The minimum atomic E-state index is -4.70. The van der Waals surface area contributed by atoms with Crippen molar-refractivity contribution in [3.63, 3.8) is 0 Å². The summed E-state index contributed by atoms with van der Waals surface area (Å²) in [6, 6.07) is 12.4. The first kappa shape index (κ1) is 24.6. The van der Waals surface area contributed by atoms with E-state index in [-0.39, 0.29) is 25.1 Å². The summed E-state index contributed by atoms with van der Waals surface area (Å²) >= 11 is 0. The van der Waals surface area contributed by atoms with Crippen molar-refractivity contribution in [1.29, 1.82) is 0 Å². The second kappa shape index (κ2) is 9.53. The van der Waals surface area contributed by atoms with Crippen LogP contribution in [-0.2, 0) is 12.6 Å². The highest BCUT2D eigenvalue weighted by atomic mass is 19.4. The number of H-pyrrole nitrogens is 2. The van der Waals surface area contributed by atoms with Crippen LogP contribution in [0.4, 0.5) is 18.9 Å². The van der Waals surface area contributed by atoms with E-state index in [0.29, 0.717) is 40.8 Å². The van der Waals surface area contributed by atoms with E-state index >= 15 is 0 Å². The Labute approximate surface area is 219 Å². The molecule has 2 aromatic carbocycles. The third-order valence-electron chi connectivity index (χ3n) is 6.96. The van der Waals surface area contributed by atoms with E-state index in [1.807, 2.05) is 11.0 Å². The zero-order valence-electron chi connectivity index (χ0n) is 20.5. The van der Waals surface area contributed by atoms with Gasteiger partial charge in [0.2, 0.25) is 0 Å². The lowest BCUT2D eigenvalue weighted by Gasteiger charge is -2.36. The summed E-state index contributed by atoms with van der Waals surface area (Å²) < 4.78 is 41.8. The fraction of sp³-hybridized carbons (Fsp3) is 0.222. The lowest BCUT2D eigenvalue weighted by atomic mass is 9.98. The molecule has 0 unspecified atom stereocenters. The SMILES string of the molecule is O=C(c1cc(Cc2n[nH]c(=O)c3ccccc23)ccc1C(F)(F)F)N1CCN(c2cnc3nc[nH]c3c2)CC1. The predicted molar refractivity (Wildman–Crippen MR) is 139 cm³/mol. The quantitative estimate of drug-likeness (QED) is 0.364. The smallest absolute Gasteiger partial charge is 0.367 e. The number of aromatic amines is 2. The summed E-state index contributed by atoms with van der Waals surface area (Å²) in [7, 11) is 0. The number of alkyl halides is 3. The summed E-state index contributed by atoms with van der Waals surface area (Å²) in [6.45, 7) is 1.41. The molecule has 0 spiro atoms. The number of benzene rings is 2. The first-order chi connectivity index (χ1) is 18.8. The van der Waals surface area contributed by atoms with E-state index in [2.05, 4.69) is 25.1 Å². The molecule has 6 rings (SSSR count). The molecule has 0 aliphatic carbocycles. The fourth-order valence-electron chi connectivity index (χ4n) is 4.95. The van der Waals surface area contributed by atoms with Gasteiger partial charge >= 0.3 is 6.18 Å². The molecular weight excluding hydrogens is 511 g/mol. The Bertz CT molecular complexity index is 1750. The zero-order chi connectivity index (χ0) is 27.1. The van der Waals surface area contributed by atoms with Crippen molar-refractivity contribution < 1.29 is 18.0 Å². The second-order valence-corrected chi connectivity index (χ2v) is 9.35. The molecule has 39 heavy (non-hydrogen) atoms. The van der Waals surface area contributed by atoms with Gasteiger partial charge in [-0.3, -0.25) is 9.59 Å². The third kappa shape index (κ3) is 4.69. The van der Waals surface area contributed by atoms with Crippen LogP contribution >= 0.6 is 0 Å². The summed E-state index contributed by atoms with van der Waals surface area (Å²) in [5.74, 6) is -0.676. The molecule has 1 saturated heterocycles. The van der Waals surface area contributed by atoms with Crippen LogP contribution in [0.1, 0.15) is 27.2 Å². The van der Waals surface area contributed by atoms with Crippen molar-refractivity contribution in [3.8, 4) is 0 Å². The molecule has 1 amide bonds. The van der Waals surface area contributed by atoms with Gasteiger partial charge in [0.05, 0.1) is 45.9 Å². The minimum absolute atomic E-state index is 0.145. The Balaban J connectivity index is 1.26. The largest absolute Gasteiger partial charge is 0.417 e. The molecule has 4 heterocycles. The van der Waals surface area contributed by atoms with Crippen LogP contribution in [0.15, 0.2) is 65.8 Å². The van der Waals surface area contributed by atoms with Gasteiger partial charge in [-0.05, 0) is 29.8 Å². The van der Waals surface area contributed by atoms with Crippen LogP contribution in [0.3, 0.4) is 0 Å². The van der Waals surface area contributed by atoms with Crippen LogP contribution in [-0.4, -0.2) is 62.1 Å². The molecule has 0 radical (unpaired) electrons. The Morgan fingerprint density at radius 3 is 2.51 bits per heavy atom. The van der Waals surface area contributed by atoms with E-state index < -0.39 is 23.2 Å². The number of rotatable bonds is 4. The van der Waals surface area contributed by atoms with Crippen molar-refractivity contribution >= 4 is 33.5 Å². The van der Waals surface area contributed by atoms with Gasteiger partial charge in [0.15, 0.2) is 5.65 Å². The number of nitrogens with one attached hydrogen (secondary N) is 2. The number of imidazole rings is 1. The fourth-order valence-corrected chi connectivity index (χ4v) is 4.95. The van der Waals surface area contributed by atoms with Gasteiger partial charge in [0.1, 0.15) is 0 Å². The molecule has 0 bridgehead atoms. The molecule has 5 aromatic rings. The summed E-state index contributed by atoms with van der Waals surface area (Å²) in [6.07, 6.45) is -1.30. The maximum absolute atomic E-state index is 13.9. The average Bonchev–Trinajstić information content (AvgIpc) is 3.42. The molecule has 1 aliphatic heterocycles. The van der Waals surface area contributed by atoms with Crippen molar-refractivity contribution in [2.24, 2.45) is 0 Å². The van der Waals surface area contributed by atoms with Crippen molar-refractivity contribution in [3.05, 3.63) is 93.8 Å². The van der Waals surface area contributed by atoms with Gasteiger partial charge in [-0.15, -0.1) is 0 Å². The van der Waals surface area contributed by atoms with E-state index in [0.717, 1.165) is 17.3 Å². The Morgan fingerprint density at radius 2 is 1.74 bits per heavy atom. The molecule has 12 heteroatoms. The van der Waals surface area contributed by atoms with Crippen LogP contribution in [0, 0.1) is 0 Å². The number of fused-ring (bicyclic) bond motifs is 2. The van der Waals surface area contributed by atoms with E-state index in [4.69, 9.17) is 0 Å². The molecular formula is C27H22F3N7O2. The molecule has 0 saturated carbocycles. The number of carbonyl (C=O) groups excluding carboxylic acids is 1. The number of halogens is 3. The molecule has 198 valence electrons. The number of hydrogen-bond donors (Lipinski definition) is 2. The van der Waals surface area contributed by atoms with Crippen LogP contribution in [0.5, 0.6) is 0 Å². The molecule has 0 atom stereocenters. The first-order valence-corrected chi connectivity index (χ1v) is 12.3. The number of pyridine rings is 1. The number of anilines is 1. The summed E-state index contributed by atoms with van der Waals surface area (Å²) in [4.78, 5) is 40.4. The second-order valence-electron chi connectivity index (χ2n) is 9.35. The van der Waals surface area contributed by atoms with E-state index in [1.54, 1.807) is 36.8 Å². The molecule has 1 fully saturated rings. The lowest BCUT2D eigenvalue weighted by molar-refractivity contribution is -0.138. The van der Waals surface area contributed by atoms with Gasteiger partial charge in [-0.1, -0.05) is 24.3 Å². The van der Waals surface area contributed by atoms with Crippen molar-refractivity contribution in [2.45, 2.75) is 12.6 Å².